The average molecular weight is 261 g/mol. The molecule has 0 fully saturated rings. The predicted octanol–water partition coefficient (Wildman–Crippen LogP) is 2.17. The molecule has 3 rings (SSSR count). The fourth-order valence-electron chi connectivity index (χ4n) is 2.35. The van der Waals surface area contributed by atoms with Crippen LogP contribution in [0.25, 0.3) is 0 Å². The molecule has 0 aliphatic carbocycles. The number of nitrogens with zero attached hydrogens (tertiary/aromatic N) is 2. The molecule has 0 amide bonds. The highest BCUT2D eigenvalue weighted by Gasteiger charge is 2.24. The number of aromatic nitrogens is 2. The summed E-state index contributed by atoms with van der Waals surface area (Å²) in [5, 5.41) is 3.46. The monoisotopic (exact) mass is 261 g/mol. The minimum atomic E-state index is 0.0711. The third-order valence-electron chi connectivity index (χ3n) is 3.14. The van der Waals surface area contributed by atoms with Gasteiger partial charge in [0, 0.05) is 12.0 Å². The second kappa shape index (κ2) is 5.04. The topological polar surface area (TPSA) is 47.0 Å². The van der Waals surface area contributed by atoms with Gasteiger partial charge in [-0.05, 0) is 12.1 Å². The number of para-hydroxylation sites is 1. The normalized spacial score (nSPS) is 15.2. The van der Waals surface area contributed by atoms with Gasteiger partial charge in [0.15, 0.2) is 0 Å². The standard InChI is InChI=1S/C13H15N3OS/c1-2-14-12(11-8-15-18-16-11)10-5-3-4-9-6-7-17-13(9)10/h3-5,8,12,14H,2,6-7H2,1H3. The third kappa shape index (κ3) is 2.00. The van der Waals surface area contributed by atoms with Crippen LogP contribution in [-0.4, -0.2) is 21.9 Å². The summed E-state index contributed by atoms with van der Waals surface area (Å²) in [6, 6.07) is 6.40. The van der Waals surface area contributed by atoms with Gasteiger partial charge in [-0.2, -0.15) is 8.75 Å². The molecule has 94 valence electrons. The SMILES string of the molecule is CCNC(c1cnsn1)c1cccc2c1OCC2. The zero-order chi connectivity index (χ0) is 12.4. The van der Waals surface area contributed by atoms with E-state index < -0.39 is 0 Å². The van der Waals surface area contributed by atoms with Gasteiger partial charge in [0.05, 0.1) is 36.3 Å². The van der Waals surface area contributed by atoms with Crippen molar-refractivity contribution in [3.8, 4) is 5.75 Å². The molecule has 1 aromatic heterocycles. The summed E-state index contributed by atoms with van der Waals surface area (Å²) in [4.78, 5) is 0. The highest BCUT2D eigenvalue weighted by Crippen LogP contribution is 2.35. The number of nitrogens with one attached hydrogen (secondary N) is 1. The molecule has 1 unspecified atom stereocenters. The lowest BCUT2D eigenvalue weighted by atomic mass is 10.00. The van der Waals surface area contributed by atoms with E-state index in [0.29, 0.717) is 0 Å². The van der Waals surface area contributed by atoms with E-state index in [1.54, 1.807) is 0 Å². The molecule has 1 aliphatic heterocycles. The molecule has 2 heterocycles. The van der Waals surface area contributed by atoms with E-state index in [4.69, 9.17) is 4.74 Å². The van der Waals surface area contributed by atoms with Gasteiger partial charge >= 0.3 is 0 Å². The lowest BCUT2D eigenvalue weighted by Gasteiger charge is -2.18. The van der Waals surface area contributed by atoms with E-state index in [1.807, 2.05) is 6.20 Å². The first kappa shape index (κ1) is 11.6. The lowest BCUT2D eigenvalue weighted by Crippen LogP contribution is -2.22. The van der Waals surface area contributed by atoms with Gasteiger partial charge in [0.1, 0.15) is 5.75 Å². The maximum absolute atomic E-state index is 5.77. The Morgan fingerprint density at radius 2 is 2.44 bits per heavy atom. The Balaban J connectivity index is 2.03. The highest BCUT2D eigenvalue weighted by molar-refractivity contribution is 6.99. The number of fused-ring (bicyclic) bond motifs is 1. The fraction of sp³-hybridized carbons (Fsp3) is 0.385. The Morgan fingerprint density at radius 3 is 3.22 bits per heavy atom. The molecule has 1 aliphatic rings. The third-order valence-corrected chi connectivity index (χ3v) is 3.63. The summed E-state index contributed by atoms with van der Waals surface area (Å²) in [5.74, 6) is 1.02. The van der Waals surface area contributed by atoms with Crippen molar-refractivity contribution in [3.63, 3.8) is 0 Å². The van der Waals surface area contributed by atoms with Crippen LogP contribution in [0, 0.1) is 0 Å². The maximum atomic E-state index is 5.77. The zero-order valence-corrected chi connectivity index (χ0v) is 11.0. The average Bonchev–Trinajstić information content (AvgIpc) is 3.06. The second-order valence-corrected chi connectivity index (χ2v) is 4.81. The van der Waals surface area contributed by atoms with Gasteiger partial charge in [-0.3, -0.25) is 0 Å². The van der Waals surface area contributed by atoms with Gasteiger partial charge < -0.3 is 10.1 Å². The Kier molecular flexibility index (Phi) is 3.25. The van der Waals surface area contributed by atoms with Crippen molar-refractivity contribution in [3.05, 3.63) is 41.2 Å². The fourth-order valence-corrected chi connectivity index (χ4v) is 2.79. The molecule has 0 spiro atoms. The number of hydrogen-bond acceptors (Lipinski definition) is 5. The van der Waals surface area contributed by atoms with Crippen LogP contribution >= 0.6 is 11.7 Å². The molecule has 4 nitrogen and oxygen atoms in total. The van der Waals surface area contributed by atoms with Crippen molar-refractivity contribution in [2.45, 2.75) is 19.4 Å². The van der Waals surface area contributed by atoms with Crippen LogP contribution < -0.4 is 10.1 Å². The van der Waals surface area contributed by atoms with E-state index >= 15 is 0 Å². The second-order valence-electron chi connectivity index (χ2n) is 4.26. The molecule has 2 aromatic rings. The van der Waals surface area contributed by atoms with Gasteiger partial charge in [-0.15, -0.1) is 0 Å². The molecular weight excluding hydrogens is 246 g/mol. The Morgan fingerprint density at radius 1 is 1.50 bits per heavy atom. The summed E-state index contributed by atoms with van der Waals surface area (Å²) in [6.07, 6.45) is 2.82. The number of benzene rings is 1. The van der Waals surface area contributed by atoms with Gasteiger partial charge in [-0.1, -0.05) is 25.1 Å². The summed E-state index contributed by atoms with van der Waals surface area (Å²) in [5.41, 5.74) is 3.42. The van der Waals surface area contributed by atoms with Crippen LogP contribution in [0.1, 0.15) is 29.8 Å². The summed E-state index contributed by atoms with van der Waals surface area (Å²) >= 11 is 1.24. The molecule has 5 heteroatoms. The zero-order valence-electron chi connectivity index (χ0n) is 10.2. The molecule has 0 saturated carbocycles. The molecule has 0 saturated heterocycles. The molecule has 1 aromatic carbocycles. The van der Waals surface area contributed by atoms with Crippen molar-refractivity contribution in [2.24, 2.45) is 0 Å². The van der Waals surface area contributed by atoms with Crippen molar-refractivity contribution in [2.75, 3.05) is 13.2 Å². The minimum absolute atomic E-state index is 0.0711. The lowest BCUT2D eigenvalue weighted by molar-refractivity contribution is 0.350. The van der Waals surface area contributed by atoms with Gasteiger partial charge in [-0.25, -0.2) is 0 Å². The van der Waals surface area contributed by atoms with Crippen molar-refractivity contribution >= 4 is 11.7 Å². The summed E-state index contributed by atoms with van der Waals surface area (Å²) in [7, 11) is 0. The molecule has 1 atom stereocenters. The smallest absolute Gasteiger partial charge is 0.127 e. The van der Waals surface area contributed by atoms with E-state index in [1.165, 1.54) is 22.9 Å². The maximum Gasteiger partial charge on any atom is 0.127 e. The molecule has 1 N–H and O–H groups in total. The first-order chi connectivity index (χ1) is 8.90. The van der Waals surface area contributed by atoms with Crippen molar-refractivity contribution in [1.82, 2.24) is 14.1 Å². The summed E-state index contributed by atoms with van der Waals surface area (Å²) in [6.45, 7) is 3.75. The number of rotatable bonds is 4. The molecule has 0 radical (unpaired) electrons. The number of hydrogen-bond donors (Lipinski definition) is 1. The van der Waals surface area contributed by atoms with Crippen molar-refractivity contribution < 1.29 is 4.74 Å². The molecule has 18 heavy (non-hydrogen) atoms. The quantitative estimate of drug-likeness (QED) is 0.916. The Bertz CT molecular complexity index is 527. The van der Waals surface area contributed by atoms with Crippen LogP contribution in [0.5, 0.6) is 5.75 Å². The first-order valence-corrected chi connectivity index (χ1v) is 6.88. The van der Waals surface area contributed by atoms with E-state index in [-0.39, 0.29) is 6.04 Å². The van der Waals surface area contributed by atoms with Crippen LogP contribution in [0.2, 0.25) is 0 Å². The first-order valence-electron chi connectivity index (χ1n) is 6.15. The minimum Gasteiger partial charge on any atom is -0.493 e. The van der Waals surface area contributed by atoms with Crippen molar-refractivity contribution in [1.29, 1.82) is 0 Å². The van der Waals surface area contributed by atoms with Gasteiger partial charge in [0.2, 0.25) is 0 Å². The van der Waals surface area contributed by atoms with E-state index in [0.717, 1.165) is 31.0 Å². The predicted molar refractivity (Wildman–Crippen MR) is 71.1 cm³/mol. The Labute approximate surface area is 110 Å². The van der Waals surface area contributed by atoms with Gasteiger partial charge in [0.25, 0.3) is 0 Å². The van der Waals surface area contributed by atoms with Crippen LogP contribution in [0.3, 0.4) is 0 Å². The molecular formula is C13H15N3OS. The summed E-state index contributed by atoms with van der Waals surface area (Å²) < 4.78 is 14.2. The van der Waals surface area contributed by atoms with Crippen LogP contribution in [-0.2, 0) is 6.42 Å². The largest absolute Gasteiger partial charge is 0.493 e. The van der Waals surface area contributed by atoms with Crippen LogP contribution in [0.4, 0.5) is 0 Å². The Hall–Kier alpha value is -1.46. The number of ether oxygens (including phenoxy) is 1. The van der Waals surface area contributed by atoms with E-state index in [9.17, 15) is 0 Å². The molecule has 0 bridgehead atoms. The van der Waals surface area contributed by atoms with Crippen LogP contribution in [0.15, 0.2) is 24.4 Å². The van der Waals surface area contributed by atoms with E-state index in [2.05, 4.69) is 39.2 Å². The highest BCUT2D eigenvalue weighted by atomic mass is 32.1.